The number of nitrogens with one attached hydrogen (secondary N) is 1. The summed E-state index contributed by atoms with van der Waals surface area (Å²) in [6, 6.07) is 10.0. The first-order valence-electron chi connectivity index (χ1n) is 8.17. The van der Waals surface area contributed by atoms with E-state index in [1.807, 2.05) is 0 Å². The molecule has 0 atom stereocenters. The van der Waals surface area contributed by atoms with Crippen LogP contribution in [0.4, 0.5) is 18.9 Å². The molecule has 0 saturated carbocycles. The number of alkyl halides is 3. The molecule has 0 aliphatic rings. The van der Waals surface area contributed by atoms with Crippen LogP contribution >= 0.6 is 11.6 Å². The molecule has 8 heteroatoms. The molecule has 0 aliphatic carbocycles. The van der Waals surface area contributed by atoms with Crippen LogP contribution in [0.3, 0.4) is 0 Å². The predicted octanol–water partition coefficient (Wildman–Crippen LogP) is 4.96. The monoisotopic (exact) mass is 401 g/mol. The maximum atomic E-state index is 13.0. The summed E-state index contributed by atoms with van der Waals surface area (Å²) in [5, 5.41) is 3.03. The number of methoxy groups -OCH3 is 1. The number of rotatable bonds is 8. The zero-order chi connectivity index (χ0) is 19.9. The van der Waals surface area contributed by atoms with Gasteiger partial charge in [0.25, 0.3) is 0 Å². The Morgan fingerprint density at radius 1 is 1.15 bits per heavy atom. The Kier molecular flexibility index (Phi) is 7.50. The molecule has 1 amide bonds. The molecule has 146 valence electrons. The molecule has 0 heterocycles. The first kappa shape index (κ1) is 21.1. The number of ether oxygens (including phenoxy) is 2. The fourth-order valence-electron chi connectivity index (χ4n) is 2.33. The maximum Gasteiger partial charge on any atom is 0.416 e. The second kappa shape index (κ2) is 9.62. The van der Waals surface area contributed by atoms with E-state index in [-0.39, 0.29) is 31.1 Å². The summed E-state index contributed by atoms with van der Waals surface area (Å²) < 4.78 is 49.2. The van der Waals surface area contributed by atoms with Gasteiger partial charge in [-0.15, -0.1) is 0 Å². The highest BCUT2D eigenvalue weighted by Gasteiger charge is 2.31. The van der Waals surface area contributed by atoms with Crippen molar-refractivity contribution in [3.05, 3.63) is 58.6 Å². The molecule has 2 aromatic rings. The Morgan fingerprint density at radius 3 is 2.56 bits per heavy atom. The number of hydrogen-bond acceptors (Lipinski definition) is 3. The van der Waals surface area contributed by atoms with Gasteiger partial charge in [0, 0.05) is 18.6 Å². The van der Waals surface area contributed by atoms with Gasteiger partial charge in [0.05, 0.1) is 17.9 Å². The van der Waals surface area contributed by atoms with Crippen molar-refractivity contribution in [2.24, 2.45) is 0 Å². The summed E-state index contributed by atoms with van der Waals surface area (Å²) in [7, 11) is 1.48. The minimum atomic E-state index is -4.53. The van der Waals surface area contributed by atoms with E-state index in [1.165, 1.54) is 13.2 Å². The van der Waals surface area contributed by atoms with Crippen LogP contribution in [0.15, 0.2) is 42.5 Å². The predicted molar refractivity (Wildman–Crippen MR) is 97.2 cm³/mol. The van der Waals surface area contributed by atoms with Crippen molar-refractivity contribution in [1.29, 1.82) is 0 Å². The minimum Gasteiger partial charge on any atom is -0.489 e. The Balaban J connectivity index is 2.11. The Morgan fingerprint density at radius 2 is 1.89 bits per heavy atom. The second-order valence-corrected chi connectivity index (χ2v) is 6.10. The normalized spacial score (nSPS) is 11.3. The topological polar surface area (TPSA) is 47.6 Å². The van der Waals surface area contributed by atoms with Crippen LogP contribution in [0.5, 0.6) is 5.75 Å². The molecule has 0 fully saturated rings. The molecule has 2 aromatic carbocycles. The first-order valence-corrected chi connectivity index (χ1v) is 8.55. The SMILES string of the molecule is COCCOc1ccc(C(F)(F)F)cc1NC(=O)CCc1ccccc1Cl. The fraction of sp³-hybridized carbons (Fsp3) is 0.316. The van der Waals surface area contributed by atoms with Crippen molar-refractivity contribution in [3.8, 4) is 5.75 Å². The molecule has 0 saturated heterocycles. The maximum absolute atomic E-state index is 13.0. The van der Waals surface area contributed by atoms with Gasteiger partial charge in [-0.05, 0) is 36.2 Å². The summed E-state index contributed by atoms with van der Waals surface area (Å²) in [4.78, 5) is 12.2. The standard InChI is InChI=1S/C19H19ClF3NO3/c1-26-10-11-27-17-8-7-14(19(21,22)23)12-16(17)24-18(25)9-6-13-4-2-3-5-15(13)20/h2-5,7-8,12H,6,9-11H2,1H3,(H,24,25). The van der Waals surface area contributed by atoms with Gasteiger partial charge in [-0.2, -0.15) is 13.2 Å². The van der Waals surface area contributed by atoms with E-state index in [1.54, 1.807) is 24.3 Å². The molecule has 0 unspecified atom stereocenters. The molecule has 0 aliphatic heterocycles. The van der Waals surface area contributed by atoms with E-state index in [4.69, 9.17) is 21.1 Å². The third-order valence-corrected chi connectivity index (χ3v) is 4.07. The zero-order valence-electron chi connectivity index (χ0n) is 14.6. The van der Waals surface area contributed by atoms with Gasteiger partial charge in [0.15, 0.2) is 0 Å². The largest absolute Gasteiger partial charge is 0.489 e. The molecule has 27 heavy (non-hydrogen) atoms. The summed E-state index contributed by atoms with van der Waals surface area (Å²) in [5.74, 6) is -0.294. The lowest BCUT2D eigenvalue weighted by molar-refractivity contribution is -0.137. The molecule has 0 spiro atoms. The summed E-state index contributed by atoms with van der Waals surface area (Å²) >= 11 is 6.05. The molecule has 2 rings (SSSR count). The molecule has 0 bridgehead atoms. The van der Waals surface area contributed by atoms with Gasteiger partial charge in [0.2, 0.25) is 5.91 Å². The van der Waals surface area contributed by atoms with Crippen LogP contribution in [0.25, 0.3) is 0 Å². The number of halogens is 4. The summed E-state index contributed by atoms with van der Waals surface area (Å²) in [6.07, 6.45) is -4.09. The van der Waals surface area contributed by atoms with E-state index in [0.29, 0.717) is 11.4 Å². The fourth-order valence-corrected chi connectivity index (χ4v) is 2.56. The third kappa shape index (κ3) is 6.45. The number of hydrogen-bond donors (Lipinski definition) is 1. The molecular formula is C19H19ClF3NO3. The van der Waals surface area contributed by atoms with Gasteiger partial charge in [0.1, 0.15) is 12.4 Å². The summed E-state index contributed by atoms with van der Waals surface area (Å²) in [5.41, 5.74) is -0.122. The van der Waals surface area contributed by atoms with Crippen molar-refractivity contribution >= 4 is 23.2 Å². The third-order valence-electron chi connectivity index (χ3n) is 3.71. The smallest absolute Gasteiger partial charge is 0.416 e. The van der Waals surface area contributed by atoms with Gasteiger partial charge in [-0.1, -0.05) is 29.8 Å². The Bertz CT molecular complexity index is 781. The zero-order valence-corrected chi connectivity index (χ0v) is 15.4. The highest BCUT2D eigenvalue weighted by molar-refractivity contribution is 6.31. The average Bonchev–Trinajstić information content (AvgIpc) is 2.61. The van der Waals surface area contributed by atoms with Crippen LogP contribution in [0.1, 0.15) is 17.5 Å². The van der Waals surface area contributed by atoms with Crippen LogP contribution < -0.4 is 10.1 Å². The van der Waals surface area contributed by atoms with Gasteiger partial charge in [-0.3, -0.25) is 4.79 Å². The van der Waals surface area contributed by atoms with Crippen molar-refractivity contribution in [3.63, 3.8) is 0 Å². The quantitative estimate of drug-likeness (QED) is 0.636. The van der Waals surface area contributed by atoms with Crippen molar-refractivity contribution in [2.45, 2.75) is 19.0 Å². The van der Waals surface area contributed by atoms with Gasteiger partial charge >= 0.3 is 6.18 Å². The van der Waals surface area contributed by atoms with Crippen molar-refractivity contribution < 1.29 is 27.4 Å². The molecular weight excluding hydrogens is 383 g/mol. The molecule has 4 nitrogen and oxygen atoms in total. The van der Waals surface area contributed by atoms with Crippen LogP contribution in [0.2, 0.25) is 5.02 Å². The molecule has 0 radical (unpaired) electrons. The Hall–Kier alpha value is -2.25. The lowest BCUT2D eigenvalue weighted by Gasteiger charge is -2.15. The number of carbonyl (C=O) groups excluding carboxylic acids is 1. The van der Waals surface area contributed by atoms with Crippen molar-refractivity contribution in [2.75, 3.05) is 25.6 Å². The van der Waals surface area contributed by atoms with E-state index in [9.17, 15) is 18.0 Å². The van der Waals surface area contributed by atoms with Crippen molar-refractivity contribution in [1.82, 2.24) is 0 Å². The lowest BCUT2D eigenvalue weighted by Crippen LogP contribution is -2.15. The lowest BCUT2D eigenvalue weighted by atomic mass is 10.1. The van der Waals surface area contributed by atoms with Crippen LogP contribution in [-0.2, 0) is 22.1 Å². The minimum absolute atomic E-state index is 0.0370. The molecule has 0 aromatic heterocycles. The Labute approximate surface area is 160 Å². The highest BCUT2D eigenvalue weighted by atomic mass is 35.5. The summed E-state index contributed by atoms with van der Waals surface area (Å²) in [6.45, 7) is 0.408. The van der Waals surface area contributed by atoms with E-state index in [0.717, 1.165) is 17.7 Å². The number of anilines is 1. The van der Waals surface area contributed by atoms with E-state index >= 15 is 0 Å². The average molecular weight is 402 g/mol. The molecule has 1 N–H and O–H groups in total. The number of carbonyl (C=O) groups is 1. The number of amides is 1. The van der Waals surface area contributed by atoms with Gasteiger partial charge in [-0.25, -0.2) is 0 Å². The number of benzene rings is 2. The highest BCUT2D eigenvalue weighted by Crippen LogP contribution is 2.35. The van der Waals surface area contributed by atoms with E-state index < -0.39 is 17.6 Å². The van der Waals surface area contributed by atoms with E-state index in [2.05, 4.69) is 5.32 Å². The van der Waals surface area contributed by atoms with Crippen LogP contribution in [0, 0.1) is 0 Å². The van der Waals surface area contributed by atoms with Gasteiger partial charge < -0.3 is 14.8 Å². The second-order valence-electron chi connectivity index (χ2n) is 5.69. The first-order chi connectivity index (χ1) is 12.8. The van der Waals surface area contributed by atoms with Crippen LogP contribution in [-0.4, -0.2) is 26.2 Å². The number of aryl methyl sites for hydroxylation is 1.